The van der Waals surface area contributed by atoms with Gasteiger partial charge >= 0.3 is 11.9 Å². The van der Waals surface area contributed by atoms with Gasteiger partial charge in [0.2, 0.25) is 0 Å². The third kappa shape index (κ3) is 3.98. The number of para-hydroxylation sites is 1. The smallest absolute Gasteiger partial charge is 0.342 e. The molecule has 0 saturated carbocycles. The lowest BCUT2D eigenvalue weighted by atomic mass is 10.2. The van der Waals surface area contributed by atoms with Crippen molar-refractivity contribution in [3.05, 3.63) is 42.5 Å². The van der Waals surface area contributed by atoms with Crippen molar-refractivity contribution in [1.29, 1.82) is 0 Å². The van der Waals surface area contributed by atoms with Gasteiger partial charge < -0.3 is 14.6 Å². The van der Waals surface area contributed by atoms with E-state index in [4.69, 9.17) is 14.6 Å². The molecule has 0 amide bonds. The second kappa shape index (κ2) is 6.32. The fourth-order valence-corrected chi connectivity index (χ4v) is 1.11. The van der Waals surface area contributed by atoms with E-state index in [-0.39, 0.29) is 17.9 Å². The molecule has 0 unspecified atom stereocenters. The molecule has 1 aromatic rings. The predicted octanol–water partition coefficient (Wildman–Crippen LogP) is 1.49. The lowest BCUT2D eigenvalue weighted by Gasteiger charge is -2.08. The number of benzene rings is 1. The van der Waals surface area contributed by atoms with Crippen LogP contribution in [0.3, 0.4) is 0 Å². The zero-order valence-electron chi connectivity index (χ0n) is 9.09. The molecule has 0 atom stereocenters. The number of esters is 1. The van der Waals surface area contributed by atoms with Crippen molar-refractivity contribution in [2.24, 2.45) is 0 Å². The number of carboxylic acids is 1. The Morgan fingerprint density at radius 2 is 2.06 bits per heavy atom. The second-order valence-corrected chi connectivity index (χ2v) is 3.07. The summed E-state index contributed by atoms with van der Waals surface area (Å²) >= 11 is 0. The van der Waals surface area contributed by atoms with Crippen molar-refractivity contribution >= 4 is 11.9 Å². The Morgan fingerprint density at radius 1 is 1.35 bits per heavy atom. The minimum atomic E-state index is -1.11. The summed E-state index contributed by atoms with van der Waals surface area (Å²) in [6.45, 7) is 3.00. The second-order valence-electron chi connectivity index (χ2n) is 3.07. The number of hydrogen-bond donors (Lipinski definition) is 1. The molecular formula is C12H12O5. The Hall–Kier alpha value is -2.30. The maximum atomic E-state index is 11.6. The first-order valence-electron chi connectivity index (χ1n) is 4.86. The third-order valence-corrected chi connectivity index (χ3v) is 1.79. The Bertz CT molecular complexity index is 425. The molecule has 0 aliphatic heterocycles. The van der Waals surface area contributed by atoms with E-state index in [1.807, 2.05) is 0 Å². The first-order valence-corrected chi connectivity index (χ1v) is 4.86. The Balaban J connectivity index is 2.79. The summed E-state index contributed by atoms with van der Waals surface area (Å²) in [6.07, 6.45) is 1.44. The topological polar surface area (TPSA) is 72.8 Å². The van der Waals surface area contributed by atoms with Crippen LogP contribution in [0.4, 0.5) is 0 Å². The molecule has 0 spiro atoms. The van der Waals surface area contributed by atoms with Crippen LogP contribution in [0.25, 0.3) is 0 Å². The number of aliphatic carboxylic acids is 1. The monoisotopic (exact) mass is 236 g/mol. The van der Waals surface area contributed by atoms with E-state index in [2.05, 4.69) is 6.58 Å². The maximum Gasteiger partial charge on any atom is 0.342 e. The van der Waals surface area contributed by atoms with E-state index in [1.54, 1.807) is 12.1 Å². The van der Waals surface area contributed by atoms with E-state index < -0.39 is 18.5 Å². The number of carboxylic acid groups (broad SMARTS) is 1. The summed E-state index contributed by atoms with van der Waals surface area (Å²) in [5, 5.41) is 8.49. The number of ether oxygens (including phenoxy) is 2. The molecule has 0 fully saturated rings. The Labute approximate surface area is 98.3 Å². The van der Waals surface area contributed by atoms with Gasteiger partial charge in [0, 0.05) is 0 Å². The number of carbonyl (C=O) groups excluding carboxylic acids is 1. The lowest BCUT2D eigenvalue weighted by molar-refractivity contribution is -0.139. The summed E-state index contributed by atoms with van der Waals surface area (Å²) in [7, 11) is 0. The summed E-state index contributed by atoms with van der Waals surface area (Å²) < 4.78 is 9.81. The van der Waals surface area contributed by atoms with E-state index in [9.17, 15) is 9.59 Å². The molecule has 5 heteroatoms. The van der Waals surface area contributed by atoms with Crippen molar-refractivity contribution in [3.63, 3.8) is 0 Å². The Morgan fingerprint density at radius 3 is 2.71 bits per heavy atom. The molecule has 0 aliphatic carbocycles. The predicted molar refractivity (Wildman–Crippen MR) is 60.1 cm³/mol. The highest BCUT2D eigenvalue weighted by Gasteiger charge is 2.13. The maximum absolute atomic E-state index is 11.6. The first-order chi connectivity index (χ1) is 8.15. The minimum absolute atomic E-state index is 0.0894. The highest BCUT2D eigenvalue weighted by Crippen LogP contribution is 2.18. The number of hydrogen-bond acceptors (Lipinski definition) is 4. The molecule has 17 heavy (non-hydrogen) atoms. The molecule has 0 aromatic heterocycles. The average Bonchev–Trinajstić information content (AvgIpc) is 2.33. The largest absolute Gasteiger partial charge is 0.481 e. The van der Waals surface area contributed by atoms with Gasteiger partial charge in [-0.25, -0.2) is 9.59 Å². The highest BCUT2D eigenvalue weighted by molar-refractivity contribution is 5.92. The summed E-state index contributed by atoms with van der Waals surface area (Å²) in [6, 6.07) is 6.29. The van der Waals surface area contributed by atoms with Crippen LogP contribution in [0.2, 0.25) is 0 Å². The molecule has 1 rings (SSSR count). The fourth-order valence-electron chi connectivity index (χ4n) is 1.11. The fraction of sp³-hybridized carbons (Fsp3) is 0.167. The van der Waals surface area contributed by atoms with Gasteiger partial charge in [-0.1, -0.05) is 24.8 Å². The van der Waals surface area contributed by atoms with Crippen LogP contribution in [-0.4, -0.2) is 30.3 Å². The molecule has 0 aliphatic rings. The zero-order chi connectivity index (χ0) is 12.7. The van der Waals surface area contributed by atoms with Gasteiger partial charge in [0.05, 0.1) is 0 Å². The van der Waals surface area contributed by atoms with Gasteiger partial charge in [-0.3, -0.25) is 0 Å². The van der Waals surface area contributed by atoms with Gasteiger partial charge in [0.25, 0.3) is 0 Å². The van der Waals surface area contributed by atoms with Gasteiger partial charge in [-0.05, 0) is 12.1 Å². The van der Waals surface area contributed by atoms with Gasteiger partial charge in [-0.15, -0.1) is 0 Å². The van der Waals surface area contributed by atoms with Crippen LogP contribution in [0.1, 0.15) is 10.4 Å². The third-order valence-electron chi connectivity index (χ3n) is 1.79. The molecule has 90 valence electrons. The van der Waals surface area contributed by atoms with Crippen LogP contribution in [0.15, 0.2) is 36.9 Å². The normalized spacial score (nSPS) is 9.41. The van der Waals surface area contributed by atoms with E-state index in [1.165, 1.54) is 18.2 Å². The molecule has 1 aromatic carbocycles. The van der Waals surface area contributed by atoms with Crippen molar-refractivity contribution in [2.45, 2.75) is 0 Å². The van der Waals surface area contributed by atoms with Crippen LogP contribution in [0, 0.1) is 0 Å². The van der Waals surface area contributed by atoms with Gasteiger partial charge in [0.15, 0.2) is 6.61 Å². The molecule has 0 heterocycles. The van der Waals surface area contributed by atoms with Crippen LogP contribution < -0.4 is 4.74 Å². The average molecular weight is 236 g/mol. The van der Waals surface area contributed by atoms with E-state index in [0.29, 0.717) is 0 Å². The lowest BCUT2D eigenvalue weighted by Crippen LogP contribution is -2.13. The molecule has 0 bridgehead atoms. The van der Waals surface area contributed by atoms with E-state index >= 15 is 0 Å². The highest BCUT2D eigenvalue weighted by atomic mass is 16.5. The molecule has 0 saturated heterocycles. The quantitative estimate of drug-likeness (QED) is 0.598. The summed E-state index contributed by atoms with van der Waals surface area (Å²) in [5.74, 6) is -1.51. The van der Waals surface area contributed by atoms with Crippen molar-refractivity contribution in [3.8, 4) is 5.75 Å². The summed E-state index contributed by atoms with van der Waals surface area (Å²) in [4.78, 5) is 21.9. The number of rotatable bonds is 6. The van der Waals surface area contributed by atoms with Crippen molar-refractivity contribution < 1.29 is 24.2 Å². The standard InChI is InChI=1S/C12H12O5/c1-2-7-16-12(15)9-5-3-4-6-10(9)17-8-11(13)14/h2-6H,1,7-8H2,(H,13,14). The van der Waals surface area contributed by atoms with Crippen LogP contribution in [0.5, 0.6) is 5.75 Å². The molecule has 5 nitrogen and oxygen atoms in total. The van der Waals surface area contributed by atoms with E-state index in [0.717, 1.165) is 0 Å². The zero-order valence-corrected chi connectivity index (χ0v) is 9.09. The first kappa shape index (κ1) is 12.8. The molecule has 0 radical (unpaired) electrons. The SMILES string of the molecule is C=CCOC(=O)c1ccccc1OCC(=O)O. The van der Waals surface area contributed by atoms with Crippen molar-refractivity contribution in [2.75, 3.05) is 13.2 Å². The Kier molecular flexibility index (Phi) is 4.75. The van der Waals surface area contributed by atoms with Gasteiger partial charge in [-0.2, -0.15) is 0 Å². The van der Waals surface area contributed by atoms with Crippen LogP contribution >= 0.6 is 0 Å². The van der Waals surface area contributed by atoms with Crippen molar-refractivity contribution in [1.82, 2.24) is 0 Å². The summed E-state index contributed by atoms with van der Waals surface area (Å²) in [5.41, 5.74) is 0.190. The minimum Gasteiger partial charge on any atom is -0.481 e. The van der Waals surface area contributed by atoms with Gasteiger partial charge in [0.1, 0.15) is 17.9 Å². The number of carbonyl (C=O) groups is 2. The molecular weight excluding hydrogens is 224 g/mol. The van der Waals surface area contributed by atoms with Crippen LogP contribution in [-0.2, 0) is 9.53 Å². The molecule has 1 N–H and O–H groups in total.